The van der Waals surface area contributed by atoms with Crippen LogP contribution in [0.3, 0.4) is 0 Å². The van der Waals surface area contributed by atoms with E-state index in [2.05, 4.69) is 10.1 Å². The summed E-state index contributed by atoms with van der Waals surface area (Å²) < 4.78 is 14.3. The van der Waals surface area contributed by atoms with Crippen molar-refractivity contribution in [2.75, 3.05) is 0 Å². The highest BCUT2D eigenvalue weighted by Crippen LogP contribution is 2.28. The van der Waals surface area contributed by atoms with Gasteiger partial charge in [-0.15, -0.1) is 0 Å². The quantitative estimate of drug-likeness (QED) is 0.667. The zero-order valence-corrected chi connectivity index (χ0v) is 11.4. The van der Waals surface area contributed by atoms with Crippen LogP contribution in [-0.2, 0) is 0 Å². The van der Waals surface area contributed by atoms with Gasteiger partial charge in [-0.2, -0.15) is 5.10 Å². The molecule has 0 aliphatic heterocycles. The molecule has 0 radical (unpaired) electrons. The van der Waals surface area contributed by atoms with E-state index in [9.17, 15) is 24.2 Å². The lowest BCUT2D eigenvalue weighted by Crippen LogP contribution is -2.06. The largest absolute Gasteiger partial charge is 0.507 e. The highest BCUT2D eigenvalue weighted by molar-refractivity contribution is 6.30. The number of aromatic carboxylic acids is 1. The first-order valence-electron chi connectivity index (χ1n) is 5.92. The number of carboxylic acids is 1. The van der Waals surface area contributed by atoms with Crippen molar-refractivity contribution >= 4 is 28.6 Å². The van der Waals surface area contributed by atoms with Crippen LogP contribution in [0.15, 0.2) is 29.1 Å². The molecule has 112 valence electrons. The number of aromatic amines is 1. The van der Waals surface area contributed by atoms with E-state index in [0.29, 0.717) is 0 Å². The summed E-state index contributed by atoms with van der Waals surface area (Å²) in [5.74, 6) is -2.56. The van der Waals surface area contributed by atoms with Gasteiger partial charge in [0.15, 0.2) is 5.69 Å². The summed E-state index contributed by atoms with van der Waals surface area (Å²) in [4.78, 5) is 25.1. The second kappa shape index (κ2) is 4.85. The number of aromatic hydroxyl groups is 1. The zero-order chi connectivity index (χ0) is 16.0. The number of carboxylic acid groups (broad SMARTS) is 1. The maximum absolute atomic E-state index is 13.2. The Kier molecular flexibility index (Phi) is 3.10. The van der Waals surface area contributed by atoms with Crippen molar-refractivity contribution in [1.82, 2.24) is 14.8 Å². The van der Waals surface area contributed by atoms with E-state index in [1.807, 2.05) is 0 Å². The fraction of sp³-hybridized carbons (Fsp3) is 0. The maximum Gasteiger partial charge on any atom is 0.357 e. The van der Waals surface area contributed by atoms with Gasteiger partial charge in [-0.25, -0.2) is 13.9 Å². The number of aromatic nitrogens is 3. The normalized spacial score (nSPS) is 11.0. The third kappa shape index (κ3) is 2.09. The van der Waals surface area contributed by atoms with Gasteiger partial charge in [-0.3, -0.25) is 4.79 Å². The third-order valence-corrected chi connectivity index (χ3v) is 3.29. The van der Waals surface area contributed by atoms with E-state index in [-0.39, 0.29) is 21.7 Å². The first kappa shape index (κ1) is 14.1. The Morgan fingerprint density at radius 3 is 2.73 bits per heavy atom. The molecule has 0 saturated heterocycles. The molecule has 7 nitrogen and oxygen atoms in total. The molecule has 3 N–H and O–H groups in total. The number of pyridine rings is 1. The molecule has 0 saturated carbocycles. The number of hydrogen-bond donors (Lipinski definition) is 3. The number of carbonyl (C=O) groups is 1. The van der Waals surface area contributed by atoms with Gasteiger partial charge in [0.2, 0.25) is 0 Å². The van der Waals surface area contributed by atoms with Crippen molar-refractivity contribution in [2.45, 2.75) is 0 Å². The summed E-state index contributed by atoms with van der Waals surface area (Å²) in [6.07, 6.45) is 0. The van der Waals surface area contributed by atoms with Gasteiger partial charge < -0.3 is 15.2 Å². The highest BCUT2D eigenvalue weighted by atomic mass is 35.5. The summed E-state index contributed by atoms with van der Waals surface area (Å²) in [6, 6.07) is 4.45. The Morgan fingerprint density at radius 1 is 1.36 bits per heavy atom. The van der Waals surface area contributed by atoms with Crippen LogP contribution in [0.5, 0.6) is 5.75 Å². The number of H-pyrrole nitrogens is 1. The molecule has 0 amide bonds. The fourth-order valence-corrected chi connectivity index (χ4v) is 2.25. The van der Waals surface area contributed by atoms with Crippen LogP contribution in [0.2, 0.25) is 5.02 Å². The van der Waals surface area contributed by atoms with Gasteiger partial charge in [0.1, 0.15) is 17.2 Å². The molecular weight excluding hydrogens is 317 g/mol. The number of nitrogens with zero attached hydrogens (tertiary/aromatic N) is 2. The molecule has 0 aliphatic carbocycles. The van der Waals surface area contributed by atoms with Crippen LogP contribution in [0.25, 0.3) is 16.7 Å². The van der Waals surface area contributed by atoms with Crippen molar-refractivity contribution in [2.24, 2.45) is 0 Å². The van der Waals surface area contributed by atoms with Gasteiger partial charge >= 0.3 is 5.97 Å². The number of rotatable bonds is 2. The van der Waals surface area contributed by atoms with E-state index in [4.69, 9.17) is 11.6 Å². The van der Waals surface area contributed by atoms with Crippen LogP contribution in [0, 0.1) is 5.82 Å². The van der Waals surface area contributed by atoms with E-state index < -0.39 is 28.8 Å². The molecule has 22 heavy (non-hydrogen) atoms. The SMILES string of the molecule is O=C(O)c1nn(-c2ccc(F)c(Cl)c2)c2[nH]c(=O)cc(O)c12. The summed E-state index contributed by atoms with van der Waals surface area (Å²) >= 11 is 5.69. The minimum atomic E-state index is -1.39. The van der Waals surface area contributed by atoms with Crippen LogP contribution < -0.4 is 5.56 Å². The minimum absolute atomic E-state index is 0.0370. The monoisotopic (exact) mass is 323 g/mol. The summed E-state index contributed by atoms with van der Waals surface area (Å²) in [5.41, 5.74) is -0.907. The van der Waals surface area contributed by atoms with Gasteiger partial charge in [0.25, 0.3) is 5.56 Å². The summed E-state index contributed by atoms with van der Waals surface area (Å²) in [7, 11) is 0. The lowest BCUT2D eigenvalue weighted by molar-refractivity contribution is 0.0691. The Morgan fingerprint density at radius 2 is 2.09 bits per heavy atom. The topological polar surface area (TPSA) is 108 Å². The fourth-order valence-electron chi connectivity index (χ4n) is 2.08. The standard InChI is InChI=1S/C13H7ClFN3O4/c14-6-3-5(1-2-7(6)15)18-12-10(11(17-18)13(21)22)8(19)4-9(20)16-12/h1-4H,(H,21,22)(H2,16,19,20). The minimum Gasteiger partial charge on any atom is -0.507 e. The molecule has 0 aliphatic rings. The van der Waals surface area contributed by atoms with E-state index in [0.717, 1.165) is 16.8 Å². The van der Waals surface area contributed by atoms with E-state index in [1.165, 1.54) is 12.1 Å². The number of halogens is 2. The van der Waals surface area contributed by atoms with Crippen LogP contribution in [-0.4, -0.2) is 30.9 Å². The maximum atomic E-state index is 13.2. The lowest BCUT2D eigenvalue weighted by atomic mass is 10.2. The van der Waals surface area contributed by atoms with E-state index in [1.54, 1.807) is 0 Å². The van der Waals surface area contributed by atoms with E-state index >= 15 is 0 Å². The van der Waals surface area contributed by atoms with Crippen molar-refractivity contribution in [3.05, 3.63) is 51.2 Å². The number of nitrogens with one attached hydrogen (secondary N) is 1. The van der Waals surface area contributed by atoms with Crippen molar-refractivity contribution in [1.29, 1.82) is 0 Å². The first-order chi connectivity index (χ1) is 10.4. The van der Waals surface area contributed by atoms with Crippen molar-refractivity contribution < 1.29 is 19.4 Å². The average Bonchev–Trinajstić information content (AvgIpc) is 2.81. The molecular formula is C13H7ClFN3O4. The van der Waals surface area contributed by atoms with Crippen molar-refractivity contribution in [3.8, 4) is 11.4 Å². The average molecular weight is 324 g/mol. The molecule has 0 spiro atoms. The third-order valence-electron chi connectivity index (χ3n) is 3.00. The molecule has 0 bridgehead atoms. The molecule has 0 fully saturated rings. The molecule has 0 unspecified atom stereocenters. The second-order valence-electron chi connectivity index (χ2n) is 4.41. The van der Waals surface area contributed by atoms with Gasteiger partial charge in [0.05, 0.1) is 16.1 Å². The second-order valence-corrected chi connectivity index (χ2v) is 4.81. The molecule has 2 heterocycles. The Labute approximate surface area is 126 Å². The Bertz CT molecular complexity index is 979. The molecule has 1 aromatic carbocycles. The first-order valence-corrected chi connectivity index (χ1v) is 6.30. The predicted octanol–water partition coefficient (Wildman–Crippen LogP) is 1.91. The Hall–Kier alpha value is -2.87. The van der Waals surface area contributed by atoms with Gasteiger partial charge in [-0.05, 0) is 18.2 Å². The number of benzene rings is 1. The zero-order valence-electron chi connectivity index (χ0n) is 10.7. The van der Waals surface area contributed by atoms with Gasteiger partial charge in [0, 0.05) is 6.07 Å². The molecule has 0 atom stereocenters. The highest BCUT2D eigenvalue weighted by Gasteiger charge is 2.21. The van der Waals surface area contributed by atoms with Crippen molar-refractivity contribution in [3.63, 3.8) is 0 Å². The number of hydrogen-bond acceptors (Lipinski definition) is 4. The smallest absolute Gasteiger partial charge is 0.357 e. The molecule has 3 aromatic rings. The molecule has 9 heteroatoms. The summed E-state index contributed by atoms with van der Waals surface area (Å²) in [6.45, 7) is 0. The number of fused-ring (bicyclic) bond motifs is 1. The van der Waals surface area contributed by atoms with Crippen LogP contribution >= 0.6 is 11.6 Å². The van der Waals surface area contributed by atoms with Gasteiger partial charge in [-0.1, -0.05) is 11.6 Å². The molecule has 3 rings (SSSR count). The summed E-state index contributed by atoms with van der Waals surface area (Å²) in [5, 5.41) is 22.5. The Balaban J connectivity index is 2.41. The van der Waals surface area contributed by atoms with Crippen LogP contribution in [0.1, 0.15) is 10.5 Å². The molecule has 2 aromatic heterocycles. The predicted molar refractivity (Wildman–Crippen MR) is 75.3 cm³/mol. The van der Waals surface area contributed by atoms with Crippen LogP contribution in [0.4, 0.5) is 4.39 Å². The lowest BCUT2D eigenvalue weighted by Gasteiger charge is -2.04.